The molecule has 0 fully saturated rings. The third kappa shape index (κ3) is 3.55. The van der Waals surface area contributed by atoms with Gasteiger partial charge in [0.15, 0.2) is 6.17 Å². The lowest BCUT2D eigenvalue weighted by molar-refractivity contribution is 0.414. The first-order valence-corrected chi connectivity index (χ1v) is 7.87. The molecule has 2 aromatic heterocycles. The number of aryl methyl sites for hydroxylation is 4. The Kier molecular flexibility index (Phi) is 4.42. The van der Waals surface area contributed by atoms with Crippen molar-refractivity contribution in [1.29, 1.82) is 0 Å². The molecule has 2 aromatic rings. The molecule has 2 rings (SSSR count). The van der Waals surface area contributed by atoms with E-state index in [9.17, 15) is 0 Å². The van der Waals surface area contributed by atoms with Crippen molar-refractivity contribution in [1.82, 2.24) is 24.9 Å². The first-order chi connectivity index (χ1) is 10.1. The van der Waals surface area contributed by atoms with E-state index < -0.39 is 0 Å². The average Bonchev–Trinajstić information content (AvgIpc) is 2.81. The van der Waals surface area contributed by atoms with E-state index in [0.717, 1.165) is 22.8 Å². The molecule has 6 heteroatoms. The highest BCUT2D eigenvalue weighted by atomic mass is 32.1. The Balaban J connectivity index is 2.52. The van der Waals surface area contributed by atoms with E-state index >= 15 is 0 Å². The number of nitrogens with one attached hydrogen (secondary N) is 1. The molecule has 0 aliphatic heterocycles. The Morgan fingerprint density at radius 2 is 1.41 bits per heavy atom. The summed E-state index contributed by atoms with van der Waals surface area (Å²) in [6.07, 6.45) is -0.253. The van der Waals surface area contributed by atoms with Gasteiger partial charge in [-0.3, -0.25) is 0 Å². The molecule has 0 saturated carbocycles. The van der Waals surface area contributed by atoms with Crippen LogP contribution in [0.3, 0.4) is 0 Å². The van der Waals surface area contributed by atoms with Crippen LogP contribution in [0.1, 0.15) is 49.7 Å². The van der Waals surface area contributed by atoms with Gasteiger partial charge < -0.3 is 5.32 Å². The zero-order valence-corrected chi connectivity index (χ0v) is 15.2. The molecule has 22 heavy (non-hydrogen) atoms. The molecule has 1 N–H and O–H groups in total. The van der Waals surface area contributed by atoms with Gasteiger partial charge in [0.05, 0.1) is 11.4 Å². The Hall–Kier alpha value is -1.69. The highest BCUT2D eigenvalue weighted by molar-refractivity contribution is 7.80. The van der Waals surface area contributed by atoms with Gasteiger partial charge in [0.25, 0.3) is 0 Å². The second-order valence-electron chi connectivity index (χ2n) is 6.86. The van der Waals surface area contributed by atoms with Crippen LogP contribution >= 0.6 is 12.2 Å². The summed E-state index contributed by atoms with van der Waals surface area (Å²) in [5.41, 5.74) is 3.97. The summed E-state index contributed by atoms with van der Waals surface area (Å²) in [4.78, 5) is 0.713. The topological polar surface area (TPSA) is 47.7 Å². The summed E-state index contributed by atoms with van der Waals surface area (Å²) >= 11 is 5.69. The van der Waals surface area contributed by atoms with Gasteiger partial charge in [0.1, 0.15) is 4.99 Å². The number of hydrogen-bond donors (Lipinski definition) is 1. The van der Waals surface area contributed by atoms with E-state index in [1.165, 1.54) is 0 Å². The van der Waals surface area contributed by atoms with Crippen molar-refractivity contribution >= 4 is 17.2 Å². The number of hydrogen-bond acceptors (Lipinski definition) is 3. The molecule has 0 saturated heterocycles. The van der Waals surface area contributed by atoms with Crippen LogP contribution in [0.15, 0.2) is 12.1 Å². The zero-order chi connectivity index (χ0) is 16.7. The van der Waals surface area contributed by atoms with E-state index in [-0.39, 0.29) is 11.7 Å². The van der Waals surface area contributed by atoms with Crippen molar-refractivity contribution < 1.29 is 0 Å². The molecular formula is C16H25N5S. The van der Waals surface area contributed by atoms with Crippen LogP contribution in [0.4, 0.5) is 0 Å². The van der Waals surface area contributed by atoms with Crippen LogP contribution in [0, 0.1) is 27.7 Å². The minimum absolute atomic E-state index is 0.110. The van der Waals surface area contributed by atoms with Crippen LogP contribution in [0.5, 0.6) is 0 Å². The van der Waals surface area contributed by atoms with Crippen LogP contribution in [-0.4, -0.2) is 30.1 Å². The first kappa shape index (κ1) is 16.7. The molecule has 0 spiro atoms. The van der Waals surface area contributed by atoms with Crippen LogP contribution < -0.4 is 5.32 Å². The standard InChI is InChI=1S/C16H25N5S/c1-10-8-12(3)20(18-10)15(14(22)17-16(5,6)7)21-13(4)9-11(2)19-21/h8-9,15H,1-7H3,(H,17,22). The molecule has 2 heterocycles. The van der Waals surface area contributed by atoms with Gasteiger partial charge in [0, 0.05) is 16.9 Å². The quantitative estimate of drug-likeness (QED) is 0.883. The van der Waals surface area contributed by atoms with Gasteiger partial charge in [-0.15, -0.1) is 0 Å². The van der Waals surface area contributed by atoms with Crippen molar-refractivity contribution in [3.8, 4) is 0 Å². The molecule has 5 nitrogen and oxygen atoms in total. The highest BCUT2D eigenvalue weighted by Gasteiger charge is 2.26. The lowest BCUT2D eigenvalue weighted by Gasteiger charge is -2.29. The fourth-order valence-corrected chi connectivity index (χ4v) is 3.05. The Bertz CT molecular complexity index is 644. The highest BCUT2D eigenvalue weighted by Crippen LogP contribution is 2.19. The lowest BCUT2D eigenvalue weighted by Crippen LogP contribution is -2.46. The third-order valence-electron chi connectivity index (χ3n) is 3.29. The Labute approximate surface area is 137 Å². The monoisotopic (exact) mass is 319 g/mol. The fraction of sp³-hybridized carbons (Fsp3) is 0.562. The minimum atomic E-state index is -0.253. The summed E-state index contributed by atoms with van der Waals surface area (Å²) in [6, 6.07) is 4.11. The van der Waals surface area contributed by atoms with Crippen molar-refractivity contribution in [2.45, 2.75) is 60.2 Å². The van der Waals surface area contributed by atoms with Gasteiger partial charge in [-0.1, -0.05) is 12.2 Å². The normalized spacial score (nSPS) is 12.0. The molecule has 0 amide bonds. The third-order valence-corrected chi connectivity index (χ3v) is 3.60. The summed E-state index contributed by atoms with van der Waals surface area (Å²) in [7, 11) is 0. The van der Waals surface area contributed by atoms with Gasteiger partial charge in [-0.2, -0.15) is 10.2 Å². The summed E-state index contributed by atoms with van der Waals surface area (Å²) in [6.45, 7) is 14.3. The zero-order valence-electron chi connectivity index (χ0n) is 14.4. The lowest BCUT2D eigenvalue weighted by atomic mass is 10.1. The molecule has 0 atom stereocenters. The molecule has 0 radical (unpaired) electrons. The van der Waals surface area contributed by atoms with E-state index in [1.54, 1.807) is 0 Å². The number of rotatable bonds is 3. The molecule has 120 valence electrons. The molecule has 0 unspecified atom stereocenters. The summed E-state index contributed by atoms with van der Waals surface area (Å²) in [5, 5.41) is 12.6. The predicted octanol–water partition coefficient (Wildman–Crippen LogP) is 3.08. The number of thiocarbonyl (C=S) groups is 1. The van der Waals surface area contributed by atoms with E-state index in [2.05, 4.69) is 48.4 Å². The predicted molar refractivity (Wildman–Crippen MR) is 93.3 cm³/mol. The van der Waals surface area contributed by atoms with Crippen molar-refractivity contribution in [3.05, 3.63) is 34.9 Å². The van der Waals surface area contributed by atoms with Gasteiger partial charge >= 0.3 is 0 Å². The summed E-state index contributed by atoms with van der Waals surface area (Å²) < 4.78 is 3.88. The molecule has 0 bridgehead atoms. The number of aromatic nitrogens is 4. The Morgan fingerprint density at radius 3 is 1.68 bits per heavy atom. The van der Waals surface area contributed by atoms with Crippen LogP contribution in [-0.2, 0) is 0 Å². The largest absolute Gasteiger partial charge is 0.372 e. The van der Waals surface area contributed by atoms with E-state index in [0.29, 0.717) is 4.99 Å². The SMILES string of the molecule is Cc1cc(C)n(C(C(=S)NC(C)(C)C)n2nc(C)cc2C)n1. The average molecular weight is 319 g/mol. The maximum Gasteiger partial charge on any atom is 0.193 e. The molecule has 0 aliphatic carbocycles. The molecular weight excluding hydrogens is 294 g/mol. The molecule has 0 aromatic carbocycles. The maximum absolute atomic E-state index is 5.69. The first-order valence-electron chi connectivity index (χ1n) is 7.46. The maximum atomic E-state index is 5.69. The van der Waals surface area contributed by atoms with Gasteiger partial charge in [0.2, 0.25) is 0 Å². The smallest absolute Gasteiger partial charge is 0.193 e. The second-order valence-corrected chi connectivity index (χ2v) is 7.30. The van der Waals surface area contributed by atoms with E-state index in [1.807, 2.05) is 37.1 Å². The van der Waals surface area contributed by atoms with Crippen molar-refractivity contribution in [3.63, 3.8) is 0 Å². The van der Waals surface area contributed by atoms with E-state index in [4.69, 9.17) is 12.2 Å². The fourth-order valence-electron chi connectivity index (χ4n) is 2.55. The van der Waals surface area contributed by atoms with Gasteiger partial charge in [-0.25, -0.2) is 9.36 Å². The van der Waals surface area contributed by atoms with Gasteiger partial charge in [-0.05, 0) is 60.6 Å². The van der Waals surface area contributed by atoms with Crippen LogP contribution in [0.25, 0.3) is 0 Å². The number of nitrogens with zero attached hydrogens (tertiary/aromatic N) is 4. The second kappa shape index (κ2) is 5.83. The van der Waals surface area contributed by atoms with Crippen LogP contribution in [0.2, 0.25) is 0 Å². The molecule has 0 aliphatic rings. The Morgan fingerprint density at radius 1 is 1.00 bits per heavy atom. The van der Waals surface area contributed by atoms with Crippen molar-refractivity contribution in [2.24, 2.45) is 0 Å². The minimum Gasteiger partial charge on any atom is -0.372 e. The summed E-state index contributed by atoms with van der Waals surface area (Å²) in [5.74, 6) is 0. The van der Waals surface area contributed by atoms with Crippen molar-refractivity contribution in [2.75, 3.05) is 0 Å².